The number of carboxylic acid groups (broad SMARTS) is 1. The first-order chi connectivity index (χ1) is 36.1. The van der Waals surface area contributed by atoms with E-state index >= 15 is 0 Å². The predicted octanol–water partition coefficient (Wildman–Crippen LogP) is 7.58. The minimum Gasteiger partial charge on any atom is -0.478 e. The third-order valence-corrected chi connectivity index (χ3v) is 11.3. The maximum atomic E-state index is 13.1. The highest BCUT2D eigenvalue weighted by atomic mass is 19.4. The van der Waals surface area contributed by atoms with Gasteiger partial charge in [-0.25, -0.2) is 24.4 Å². The van der Waals surface area contributed by atoms with E-state index in [1.165, 1.54) is 12.1 Å². The lowest BCUT2D eigenvalue weighted by Gasteiger charge is -2.34. The minimum atomic E-state index is -4.50. The van der Waals surface area contributed by atoms with Gasteiger partial charge in [-0.05, 0) is 96.1 Å². The Balaban J connectivity index is 0.000000233. The van der Waals surface area contributed by atoms with Crippen molar-refractivity contribution in [3.05, 3.63) is 184 Å². The van der Waals surface area contributed by atoms with Gasteiger partial charge in [0.05, 0.1) is 22.4 Å². The monoisotopic (exact) mass is 1050 g/mol. The van der Waals surface area contributed by atoms with E-state index in [2.05, 4.69) is 51.1 Å². The van der Waals surface area contributed by atoms with Crippen LogP contribution in [0.2, 0.25) is 0 Å². The number of carbonyl (C=O) groups excluding carboxylic acids is 5. The Morgan fingerprint density at radius 3 is 1.38 bits per heavy atom. The van der Waals surface area contributed by atoms with Gasteiger partial charge < -0.3 is 42.1 Å². The van der Waals surface area contributed by atoms with E-state index in [4.69, 9.17) is 16.6 Å². The number of aromatic nitrogens is 5. The molecular formula is C50H45F6N13O7. The van der Waals surface area contributed by atoms with Crippen molar-refractivity contribution in [2.24, 2.45) is 11.5 Å². The van der Waals surface area contributed by atoms with Crippen molar-refractivity contribution >= 4 is 58.8 Å². The summed E-state index contributed by atoms with van der Waals surface area (Å²) >= 11 is 0. The van der Waals surface area contributed by atoms with Gasteiger partial charge in [0.25, 0.3) is 17.7 Å². The topological polar surface area (TPSA) is 300 Å². The number of hydrogen-bond donors (Lipinski definition) is 9. The fourth-order valence-electron chi connectivity index (χ4n) is 7.50. The molecule has 0 radical (unpaired) electrons. The Morgan fingerprint density at radius 1 is 0.566 bits per heavy atom. The average molecular weight is 1050 g/mol. The second-order valence-electron chi connectivity index (χ2n) is 16.8. The Kier molecular flexibility index (Phi) is 16.8. The normalized spacial score (nSPS) is 12.7. The third kappa shape index (κ3) is 14.8. The molecule has 3 aromatic heterocycles. The largest absolute Gasteiger partial charge is 0.478 e. The van der Waals surface area contributed by atoms with Crippen LogP contribution in [-0.2, 0) is 31.7 Å². The number of carbonyl (C=O) groups is 6. The number of imidazole rings is 2. The SMILES string of the molecule is NC(=O)c1[nH]c(Cc2ccc(C(=O)N3CCN(Cc4ccccn4)CC3)cc2)nc1NC(=O)Nc1ccc(C(F)(F)F)cc1.NC(=O)c1[nH]c(Cc2ccc(C(=O)O)cc2)nc1NC(=O)Nc1ccc(C(F)(F)F)cc1. The number of carboxylic acids is 1. The highest BCUT2D eigenvalue weighted by Gasteiger charge is 2.31. The van der Waals surface area contributed by atoms with Crippen molar-refractivity contribution in [2.75, 3.05) is 47.4 Å². The molecule has 1 aliphatic rings. The lowest BCUT2D eigenvalue weighted by molar-refractivity contribution is -0.138. The quantitative estimate of drug-likeness (QED) is 0.0478. The number of urea groups is 2. The molecule has 11 N–H and O–H groups in total. The first kappa shape index (κ1) is 54.2. The van der Waals surface area contributed by atoms with Gasteiger partial charge in [-0.15, -0.1) is 0 Å². The van der Waals surface area contributed by atoms with Crippen molar-refractivity contribution < 1.29 is 60.2 Å². The van der Waals surface area contributed by atoms with Crippen LogP contribution in [-0.4, -0.2) is 102 Å². The maximum Gasteiger partial charge on any atom is 0.416 e. The summed E-state index contributed by atoms with van der Waals surface area (Å²) in [4.78, 5) is 94.6. The summed E-state index contributed by atoms with van der Waals surface area (Å²) in [6.07, 6.45) is -6.82. The zero-order valence-electron chi connectivity index (χ0n) is 39.6. The molecule has 1 fully saturated rings. The number of primary amides is 2. The minimum absolute atomic E-state index is 0.0615. The van der Waals surface area contributed by atoms with Crippen LogP contribution in [0.1, 0.15) is 81.3 Å². The van der Waals surface area contributed by atoms with Gasteiger partial charge in [0.1, 0.15) is 23.0 Å². The Morgan fingerprint density at radius 2 is 1.00 bits per heavy atom. The molecule has 0 aliphatic carbocycles. The number of benzene rings is 4. The number of amides is 7. The van der Waals surface area contributed by atoms with Crippen LogP contribution in [0.5, 0.6) is 0 Å². The lowest BCUT2D eigenvalue weighted by atomic mass is 10.1. The van der Waals surface area contributed by atoms with Crippen molar-refractivity contribution in [2.45, 2.75) is 31.7 Å². The molecule has 76 heavy (non-hydrogen) atoms. The average Bonchev–Trinajstić information content (AvgIpc) is 3.97. The number of nitrogens with one attached hydrogen (secondary N) is 6. The number of pyridine rings is 1. The zero-order chi connectivity index (χ0) is 54.7. The number of rotatable bonds is 14. The molecule has 394 valence electrons. The molecule has 1 aliphatic heterocycles. The Bertz CT molecular complexity index is 3200. The summed E-state index contributed by atoms with van der Waals surface area (Å²) in [6.45, 7) is 3.46. The molecule has 26 heteroatoms. The summed E-state index contributed by atoms with van der Waals surface area (Å²) in [5.74, 6) is -2.60. The van der Waals surface area contributed by atoms with E-state index in [0.717, 1.165) is 79.4 Å². The summed E-state index contributed by atoms with van der Waals surface area (Å²) < 4.78 is 76.2. The number of halogens is 6. The zero-order valence-corrected chi connectivity index (χ0v) is 39.6. The summed E-state index contributed by atoms with van der Waals surface area (Å²) in [5, 5.41) is 18.4. The fourth-order valence-corrected chi connectivity index (χ4v) is 7.50. The van der Waals surface area contributed by atoms with Crippen molar-refractivity contribution in [3.63, 3.8) is 0 Å². The second kappa shape index (κ2) is 23.5. The van der Waals surface area contributed by atoms with Crippen molar-refractivity contribution in [3.8, 4) is 0 Å². The van der Waals surface area contributed by atoms with Crippen LogP contribution in [0.25, 0.3) is 0 Å². The molecular weight excluding hydrogens is 1010 g/mol. The number of nitrogens with two attached hydrogens (primary N) is 2. The van der Waals surface area contributed by atoms with Gasteiger partial charge in [-0.1, -0.05) is 30.3 Å². The van der Waals surface area contributed by atoms with Crippen LogP contribution in [0.15, 0.2) is 121 Å². The molecule has 4 aromatic carbocycles. The molecule has 0 unspecified atom stereocenters. The summed E-state index contributed by atoms with van der Waals surface area (Å²) in [7, 11) is 0. The van der Waals surface area contributed by atoms with E-state index in [0.29, 0.717) is 30.0 Å². The third-order valence-electron chi connectivity index (χ3n) is 11.3. The van der Waals surface area contributed by atoms with Crippen LogP contribution in [0.4, 0.5) is 58.9 Å². The van der Waals surface area contributed by atoms with Gasteiger partial charge in [0.15, 0.2) is 11.6 Å². The van der Waals surface area contributed by atoms with Gasteiger partial charge in [-0.3, -0.25) is 34.9 Å². The van der Waals surface area contributed by atoms with Gasteiger partial charge in [0, 0.05) is 68.7 Å². The van der Waals surface area contributed by atoms with E-state index in [1.54, 1.807) is 42.6 Å². The van der Waals surface area contributed by atoms with Crippen LogP contribution in [0.3, 0.4) is 0 Å². The van der Waals surface area contributed by atoms with Crippen molar-refractivity contribution in [1.82, 2.24) is 34.7 Å². The van der Waals surface area contributed by atoms with E-state index in [9.17, 15) is 55.1 Å². The van der Waals surface area contributed by atoms with Crippen LogP contribution >= 0.6 is 0 Å². The first-order valence-corrected chi connectivity index (χ1v) is 22.7. The van der Waals surface area contributed by atoms with Crippen LogP contribution < -0.4 is 32.7 Å². The highest BCUT2D eigenvalue weighted by Crippen LogP contribution is 2.31. The Hall–Kier alpha value is -9.59. The maximum absolute atomic E-state index is 13.1. The molecule has 20 nitrogen and oxygen atoms in total. The summed E-state index contributed by atoms with van der Waals surface area (Å²) in [6, 6.07) is 24.8. The number of alkyl halides is 6. The molecule has 7 amide bonds. The molecule has 0 atom stereocenters. The lowest BCUT2D eigenvalue weighted by Crippen LogP contribution is -2.48. The summed E-state index contributed by atoms with van der Waals surface area (Å²) in [5.41, 5.74) is 12.0. The molecule has 1 saturated heterocycles. The standard InChI is InChI=1S/C30H29F3N8O3.C20H16F3N5O4/c31-30(32,33)21-8-10-22(11-9-21)36-29(44)39-27-25(26(34)42)37-24(38-27)17-19-4-6-20(7-5-19)28(43)41-15-13-40(14-16-41)18-23-3-1-2-12-35-23;21-20(22,23)12-5-7-13(8-6-12)25-19(32)28-17-15(16(24)29)26-14(27-17)9-10-1-3-11(4-2-10)18(30)31/h1-12H,13-18H2,(H2,34,42)(H,37,38)(H2,36,39,44);1-8H,9H2,(H2,24,29)(H,26,27)(H,30,31)(H2,25,28,32). The molecule has 4 heterocycles. The number of piperazine rings is 1. The first-order valence-electron chi connectivity index (χ1n) is 22.7. The predicted molar refractivity (Wildman–Crippen MR) is 263 cm³/mol. The van der Waals surface area contributed by atoms with Crippen molar-refractivity contribution in [1.29, 1.82) is 0 Å². The highest BCUT2D eigenvalue weighted by molar-refractivity contribution is 6.05. The van der Waals surface area contributed by atoms with Crippen LogP contribution in [0, 0.1) is 0 Å². The van der Waals surface area contributed by atoms with Gasteiger partial charge in [0.2, 0.25) is 0 Å². The number of H-pyrrole nitrogens is 2. The molecule has 0 saturated carbocycles. The molecule has 7 aromatic rings. The number of anilines is 4. The van der Waals surface area contributed by atoms with Gasteiger partial charge >= 0.3 is 30.4 Å². The Labute approximate surface area is 426 Å². The second-order valence-corrected chi connectivity index (χ2v) is 16.8. The smallest absolute Gasteiger partial charge is 0.416 e. The number of hydrogen-bond acceptors (Lipinski definition) is 10. The van der Waals surface area contributed by atoms with Gasteiger partial charge in [-0.2, -0.15) is 26.3 Å². The molecule has 0 bridgehead atoms. The molecule has 8 rings (SSSR count). The number of aromatic amines is 2. The number of aromatic carboxylic acids is 1. The fraction of sp³-hybridized carbons (Fsp3) is 0.180. The molecule has 0 spiro atoms. The number of nitrogens with zero attached hydrogens (tertiary/aromatic N) is 5. The van der Waals surface area contributed by atoms with E-state index in [1.807, 2.05) is 23.1 Å². The van der Waals surface area contributed by atoms with E-state index in [-0.39, 0.29) is 64.5 Å². The van der Waals surface area contributed by atoms with E-state index < -0.39 is 53.3 Å².